The van der Waals surface area contributed by atoms with Crippen LogP contribution in [0.2, 0.25) is 0 Å². The summed E-state index contributed by atoms with van der Waals surface area (Å²) in [6, 6.07) is 18.2. The number of anilines is 1. The normalized spacial score (nSPS) is 11.0. The highest BCUT2D eigenvalue weighted by Crippen LogP contribution is 2.27. The van der Waals surface area contributed by atoms with Crippen LogP contribution < -0.4 is 5.32 Å². The lowest BCUT2D eigenvalue weighted by molar-refractivity contribution is 1.04. The minimum Gasteiger partial charge on any atom is -0.365 e. The summed E-state index contributed by atoms with van der Waals surface area (Å²) in [6.45, 7) is 0.688. The summed E-state index contributed by atoms with van der Waals surface area (Å²) in [6.07, 6.45) is 7.65. The van der Waals surface area contributed by atoms with Crippen molar-refractivity contribution >= 4 is 28.1 Å². The third-order valence-corrected chi connectivity index (χ3v) is 5.52. The zero-order chi connectivity index (χ0) is 18.8. The first-order valence-electron chi connectivity index (χ1n) is 8.99. The van der Waals surface area contributed by atoms with Crippen molar-refractivity contribution in [2.24, 2.45) is 0 Å². The standard InChI is InChI=1S/C22H17N5S/c1-2-6-19-18(5-1)21(26-20(25-19)16-7-10-23-11-8-16)24-15-17-9-14-28-22(17)27-12-3-4-13-27/h1-14H,15H2,(H,24,25,26). The average molecular weight is 383 g/mol. The monoisotopic (exact) mass is 383 g/mol. The molecule has 5 nitrogen and oxygen atoms in total. The van der Waals surface area contributed by atoms with Crippen molar-refractivity contribution in [3.63, 3.8) is 0 Å². The first-order chi connectivity index (χ1) is 13.9. The largest absolute Gasteiger partial charge is 0.365 e. The van der Waals surface area contributed by atoms with Crippen molar-refractivity contribution in [3.05, 3.63) is 90.3 Å². The number of thiophene rings is 1. The van der Waals surface area contributed by atoms with Crippen LogP contribution in [0.1, 0.15) is 5.56 Å². The highest BCUT2D eigenvalue weighted by Gasteiger charge is 2.11. The summed E-state index contributed by atoms with van der Waals surface area (Å²) >= 11 is 1.73. The molecule has 4 heterocycles. The van der Waals surface area contributed by atoms with Gasteiger partial charge in [-0.15, -0.1) is 11.3 Å². The minimum absolute atomic E-state index is 0.688. The van der Waals surface area contributed by atoms with Gasteiger partial charge in [-0.1, -0.05) is 12.1 Å². The van der Waals surface area contributed by atoms with Crippen LogP contribution in [0.5, 0.6) is 0 Å². The van der Waals surface area contributed by atoms with Gasteiger partial charge >= 0.3 is 0 Å². The molecule has 0 aliphatic rings. The lowest BCUT2D eigenvalue weighted by Crippen LogP contribution is -2.05. The number of para-hydroxylation sites is 1. The highest BCUT2D eigenvalue weighted by molar-refractivity contribution is 7.12. The van der Waals surface area contributed by atoms with Gasteiger partial charge in [0.1, 0.15) is 10.8 Å². The Morgan fingerprint density at radius 1 is 0.893 bits per heavy atom. The van der Waals surface area contributed by atoms with Gasteiger partial charge in [0.25, 0.3) is 0 Å². The fourth-order valence-corrected chi connectivity index (χ4v) is 4.08. The first-order valence-corrected chi connectivity index (χ1v) is 9.87. The van der Waals surface area contributed by atoms with Gasteiger partial charge in [0.15, 0.2) is 5.82 Å². The topological polar surface area (TPSA) is 55.6 Å². The second kappa shape index (κ2) is 7.25. The molecule has 4 aromatic heterocycles. The zero-order valence-corrected chi connectivity index (χ0v) is 15.8. The third kappa shape index (κ3) is 3.14. The van der Waals surface area contributed by atoms with E-state index < -0.39 is 0 Å². The first kappa shape index (κ1) is 16.6. The van der Waals surface area contributed by atoms with E-state index in [4.69, 9.17) is 9.97 Å². The second-order valence-corrected chi connectivity index (χ2v) is 7.24. The molecule has 0 saturated heterocycles. The predicted octanol–water partition coefficient (Wildman–Crippen LogP) is 5.16. The van der Waals surface area contributed by atoms with Crippen LogP contribution in [0.3, 0.4) is 0 Å². The molecule has 0 atom stereocenters. The van der Waals surface area contributed by atoms with Crippen LogP contribution in [-0.4, -0.2) is 19.5 Å². The molecular formula is C22H17N5S. The number of rotatable bonds is 5. The van der Waals surface area contributed by atoms with E-state index in [0.717, 1.165) is 22.3 Å². The predicted molar refractivity (Wildman–Crippen MR) is 114 cm³/mol. The molecular weight excluding hydrogens is 366 g/mol. The maximum atomic E-state index is 4.81. The van der Waals surface area contributed by atoms with Gasteiger partial charge in [-0.25, -0.2) is 9.97 Å². The lowest BCUT2D eigenvalue weighted by Gasteiger charge is -2.12. The molecule has 5 aromatic rings. The molecule has 0 radical (unpaired) electrons. The number of hydrogen-bond acceptors (Lipinski definition) is 5. The fourth-order valence-electron chi connectivity index (χ4n) is 3.18. The molecule has 0 spiro atoms. The van der Waals surface area contributed by atoms with E-state index in [1.807, 2.05) is 42.5 Å². The van der Waals surface area contributed by atoms with Crippen LogP contribution in [0.25, 0.3) is 27.3 Å². The molecule has 0 fully saturated rings. The molecule has 1 aromatic carbocycles. The number of nitrogens with zero attached hydrogens (tertiary/aromatic N) is 4. The van der Waals surface area contributed by atoms with E-state index in [1.165, 1.54) is 10.6 Å². The summed E-state index contributed by atoms with van der Waals surface area (Å²) in [5.41, 5.74) is 3.10. The third-order valence-electron chi connectivity index (χ3n) is 4.55. The van der Waals surface area contributed by atoms with E-state index in [9.17, 15) is 0 Å². The number of hydrogen-bond donors (Lipinski definition) is 1. The van der Waals surface area contributed by atoms with Crippen molar-refractivity contribution in [2.45, 2.75) is 6.54 Å². The Balaban J connectivity index is 1.52. The highest BCUT2D eigenvalue weighted by atomic mass is 32.1. The van der Waals surface area contributed by atoms with E-state index in [0.29, 0.717) is 12.4 Å². The maximum absolute atomic E-state index is 4.81. The van der Waals surface area contributed by atoms with Crippen molar-refractivity contribution in [1.29, 1.82) is 0 Å². The number of benzene rings is 1. The molecule has 5 rings (SSSR count). The number of fused-ring (bicyclic) bond motifs is 1. The summed E-state index contributed by atoms with van der Waals surface area (Å²) < 4.78 is 2.14. The van der Waals surface area contributed by atoms with Crippen LogP contribution in [0.15, 0.2) is 84.8 Å². The van der Waals surface area contributed by atoms with Crippen LogP contribution >= 0.6 is 11.3 Å². The van der Waals surface area contributed by atoms with E-state index in [1.54, 1.807) is 23.7 Å². The molecule has 0 aliphatic heterocycles. The smallest absolute Gasteiger partial charge is 0.162 e. The summed E-state index contributed by atoms with van der Waals surface area (Å²) in [5.74, 6) is 1.53. The molecule has 0 unspecified atom stereocenters. The van der Waals surface area contributed by atoms with Gasteiger partial charge in [0, 0.05) is 47.8 Å². The van der Waals surface area contributed by atoms with E-state index >= 15 is 0 Å². The average Bonchev–Trinajstić information content (AvgIpc) is 3.44. The van der Waals surface area contributed by atoms with E-state index in [2.05, 4.69) is 44.8 Å². The molecule has 1 N–H and O–H groups in total. The van der Waals surface area contributed by atoms with Crippen LogP contribution in [-0.2, 0) is 6.54 Å². The maximum Gasteiger partial charge on any atom is 0.162 e. The molecule has 28 heavy (non-hydrogen) atoms. The number of aromatic nitrogens is 4. The minimum atomic E-state index is 0.688. The molecule has 0 saturated carbocycles. The molecule has 0 bridgehead atoms. The van der Waals surface area contributed by atoms with Gasteiger partial charge in [-0.05, 0) is 47.8 Å². The van der Waals surface area contributed by atoms with Crippen molar-refractivity contribution in [2.75, 3.05) is 5.32 Å². The van der Waals surface area contributed by atoms with E-state index in [-0.39, 0.29) is 0 Å². The van der Waals surface area contributed by atoms with Gasteiger partial charge in [0.2, 0.25) is 0 Å². The summed E-state index contributed by atoms with van der Waals surface area (Å²) in [4.78, 5) is 13.6. The Morgan fingerprint density at radius 3 is 2.57 bits per heavy atom. The van der Waals surface area contributed by atoms with Crippen LogP contribution in [0.4, 0.5) is 5.82 Å². The quantitative estimate of drug-likeness (QED) is 0.456. The molecule has 136 valence electrons. The van der Waals surface area contributed by atoms with Crippen molar-refractivity contribution in [3.8, 4) is 16.4 Å². The number of pyridine rings is 1. The molecule has 0 amide bonds. The second-order valence-electron chi connectivity index (χ2n) is 6.34. The number of nitrogens with one attached hydrogen (secondary N) is 1. The summed E-state index contributed by atoms with van der Waals surface area (Å²) in [7, 11) is 0. The summed E-state index contributed by atoms with van der Waals surface area (Å²) in [5, 5.41) is 7.87. The Morgan fingerprint density at radius 2 is 1.71 bits per heavy atom. The van der Waals surface area contributed by atoms with Gasteiger partial charge in [-0.2, -0.15) is 0 Å². The Hall–Kier alpha value is -3.51. The lowest BCUT2D eigenvalue weighted by atomic mass is 10.2. The molecule has 6 heteroatoms. The fraction of sp³-hybridized carbons (Fsp3) is 0.0455. The van der Waals surface area contributed by atoms with Crippen molar-refractivity contribution in [1.82, 2.24) is 19.5 Å². The Bertz CT molecular complexity index is 1210. The van der Waals surface area contributed by atoms with Crippen molar-refractivity contribution < 1.29 is 0 Å². The Labute approximate surface area is 166 Å². The molecule has 0 aliphatic carbocycles. The van der Waals surface area contributed by atoms with Crippen LogP contribution in [0, 0.1) is 0 Å². The Kier molecular flexibility index (Phi) is 4.31. The SMILES string of the molecule is c1ccc2c(NCc3ccsc3-n3cccc3)nc(-c3ccncc3)nc2c1. The zero-order valence-electron chi connectivity index (χ0n) is 15.0. The van der Waals surface area contributed by atoms with Gasteiger partial charge in [0.05, 0.1) is 5.52 Å². The van der Waals surface area contributed by atoms with Gasteiger partial charge < -0.3 is 9.88 Å². The van der Waals surface area contributed by atoms with Gasteiger partial charge in [-0.3, -0.25) is 4.98 Å².